The first-order valence-corrected chi connectivity index (χ1v) is 5.75. The lowest BCUT2D eigenvalue weighted by Gasteiger charge is -2.04. The molecule has 0 radical (unpaired) electrons. The molecule has 0 saturated heterocycles. The van der Waals surface area contributed by atoms with E-state index < -0.39 is 15.8 Å². The predicted molar refractivity (Wildman–Crippen MR) is 54.7 cm³/mol. The molecule has 0 aliphatic carbocycles. The van der Waals surface area contributed by atoms with Gasteiger partial charge in [0.15, 0.2) is 9.84 Å². The van der Waals surface area contributed by atoms with Crippen LogP contribution in [0.5, 0.6) is 0 Å². The van der Waals surface area contributed by atoms with E-state index in [1.165, 1.54) is 18.2 Å². The van der Waals surface area contributed by atoms with E-state index in [0.717, 1.165) is 6.26 Å². The smallest absolute Gasteiger partial charge is 0.335 e. The quantitative estimate of drug-likeness (QED) is 0.641. The summed E-state index contributed by atoms with van der Waals surface area (Å²) >= 11 is 0. The number of sulfone groups is 1. The normalized spacial score (nSPS) is 11.2. The Hall–Kier alpha value is -1.30. The van der Waals surface area contributed by atoms with Gasteiger partial charge in [-0.25, -0.2) is 13.2 Å². The summed E-state index contributed by atoms with van der Waals surface area (Å²) in [7, 11) is -1.73. The van der Waals surface area contributed by atoms with E-state index in [1.54, 1.807) is 7.85 Å². The molecule has 0 heterocycles. The first-order chi connectivity index (χ1) is 6.32. The van der Waals surface area contributed by atoms with Crippen molar-refractivity contribution in [2.45, 2.75) is 4.90 Å². The second-order valence-corrected chi connectivity index (χ2v) is 5.04. The van der Waals surface area contributed by atoms with E-state index in [9.17, 15) is 13.2 Å². The van der Waals surface area contributed by atoms with Gasteiger partial charge in [0.05, 0.1) is 10.5 Å². The minimum atomic E-state index is -3.35. The van der Waals surface area contributed by atoms with Crippen molar-refractivity contribution in [3.8, 4) is 0 Å². The van der Waals surface area contributed by atoms with E-state index in [-0.39, 0.29) is 10.5 Å². The van der Waals surface area contributed by atoms with Crippen molar-refractivity contribution in [3.63, 3.8) is 0 Å². The van der Waals surface area contributed by atoms with Crippen LogP contribution < -0.4 is 5.46 Å². The summed E-state index contributed by atoms with van der Waals surface area (Å²) in [6.07, 6.45) is 1.06. The number of carboxylic acid groups (broad SMARTS) is 1. The molecule has 0 bridgehead atoms. The van der Waals surface area contributed by atoms with Gasteiger partial charge in [-0.2, -0.15) is 0 Å². The third-order valence-corrected chi connectivity index (χ3v) is 3.07. The van der Waals surface area contributed by atoms with Gasteiger partial charge in [0, 0.05) is 6.26 Å². The molecular weight excluding hydrogens is 203 g/mol. The van der Waals surface area contributed by atoms with Crippen LogP contribution in [0, 0.1) is 0 Å². The minimum Gasteiger partial charge on any atom is -0.478 e. The summed E-state index contributed by atoms with van der Waals surface area (Å²) < 4.78 is 22.5. The molecule has 0 fully saturated rings. The van der Waals surface area contributed by atoms with Gasteiger partial charge in [0.2, 0.25) is 0 Å². The van der Waals surface area contributed by atoms with Gasteiger partial charge in [-0.3, -0.25) is 0 Å². The second-order valence-electron chi connectivity index (χ2n) is 3.06. The molecule has 6 heteroatoms. The van der Waals surface area contributed by atoms with Crippen LogP contribution in [0.4, 0.5) is 0 Å². The van der Waals surface area contributed by atoms with Crippen molar-refractivity contribution >= 4 is 29.1 Å². The van der Waals surface area contributed by atoms with Crippen LogP contribution in [-0.4, -0.2) is 33.6 Å². The lowest BCUT2D eigenvalue weighted by atomic mass is 9.95. The largest absolute Gasteiger partial charge is 0.478 e. The zero-order valence-electron chi connectivity index (χ0n) is 7.81. The predicted octanol–water partition coefficient (Wildman–Crippen LogP) is -0.953. The van der Waals surface area contributed by atoms with Crippen molar-refractivity contribution in [1.82, 2.24) is 0 Å². The molecular formula is C8H9BO4S. The van der Waals surface area contributed by atoms with Gasteiger partial charge in [-0.1, -0.05) is 11.5 Å². The fraction of sp³-hybridized carbons (Fsp3) is 0.125. The summed E-state index contributed by atoms with van der Waals surface area (Å²) in [5.41, 5.74) is 0.536. The Labute approximate surface area is 82.9 Å². The van der Waals surface area contributed by atoms with Crippen LogP contribution >= 0.6 is 0 Å². The third kappa shape index (κ3) is 2.14. The van der Waals surface area contributed by atoms with Gasteiger partial charge in [0.1, 0.15) is 7.85 Å². The molecule has 0 amide bonds. The molecule has 1 N–H and O–H groups in total. The fourth-order valence-electron chi connectivity index (χ4n) is 1.13. The maximum atomic E-state index is 11.2. The van der Waals surface area contributed by atoms with Crippen molar-refractivity contribution < 1.29 is 18.3 Å². The topological polar surface area (TPSA) is 71.4 Å². The number of carbonyl (C=O) groups is 1. The number of benzene rings is 1. The highest BCUT2D eigenvalue weighted by Gasteiger charge is 2.13. The van der Waals surface area contributed by atoms with E-state index in [1.807, 2.05) is 0 Å². The highest BCUT2D eigenvalue weighted by atomic mass is 32.2. The number of hydrogen-bond donors (Lipinski definition) is 1. The number of hydrogen-bond acceptors (Lipinski definition) is 3. The molecule has 0 saturated carbocycles. The standard InChI is InChI=1S/C8H9BO4S/c1-14(12,13)7-4-5(8(10)11)2-3-6(7)9/h2-4H,9H2,1H3,(H,10,11). The van der Waals surface area contributed by atoms with E-state index in [2.05, 4.69) is 0 Å². The van der Waals surface area contributed by atoms with Gasteiger partial charge < -0.3 is 5.11 Å². The molecule has 1 rings (SSSR count). The van der Waals surface area contributed by atoms with Gasteiger partial charge in [-0.05, 0) is 12.1 Å². The van der Waals surface area contributed by atoms with Gasteiger partial charge >= 0.3 is 5.97 Å². The average molecular weight is 212 g/mol. The summed E-state index contributed by atoms with van der Waals surface area (Å²) in [6.45, 7) is 0. The Bertz CT molecular complexity index is 478. The Kier molecular flexibility index (Phi) is 2.66. The highest BCUT2D eigenvalue weighted by molar-refractivity contribution is 7.91. The maximum absolute atomic E-state index is 11.2. The van der Waals surface area contributed by atoms with Crippen molar-refractivity contribution in [1.29, 1.82) is 0 Å². The van der Waals surface area contributed by atoms with Crippen LogP contribution in [0.1, 0.15) is 10.4 Å². The average Bonchev–Trinajstić information content (AvgIpc) is 2.02. The summed E-state index contributed by atoms with van der Waals surface area (Å²) in [5, 5.41) is 8.67. The van der Waals surface area contributed by atoms with Crippen LogP contribution in [0.25, 0.3) is 0 Å². The SMILES string of the molecule is Bc1ccc(C(=O)O)cc1S(C)(=O)=O. The van der Waals surface area contributed by atoms with Crippen LogP contribution in [0.3, 0.4) is 0 Å². The third-order valence-electron chi connectivity index (χ3n) is 1.83. The van der Waals surface area contributed by atoms with Crippen molar-refractivity contribution in [2.24, 2.45) is 0 Å². The maximum Gasteiger partial charge on any atom is 0.335 e. The minimum absolute atomic E-state index is 0.0176. The molecule has 1 aromatic rings. The zero-order chi connectivity index (χ0) is 10.9. The molecule has 0 aliphatic heterocycles. The molecule has 1 aromatic carbocycles. The lowest BCUT2D eigenvalue weighted by molar-refractivity contribution is 0.0696. The monoisotopic (exact) mass is 212 g/mol. The van der Waals surface area contributed by atoms with E-state index in [4.69, 9.17) is 5.11 Å². The first-order valence-electron chi connectivity index (χ1n) is 3.86. The molecule has 14 heavy (non-hydrogen) atoms. The Balaban J connectivity index is 3.44. The Morgan fingerprint density at radius 2 is 2.00 bits per heavy atom. The van der Waals surface area contributed by atoms with Crippen LogP contribution in [-0.2, 0) is 9.84 Å². The van der Waals surface area contributed by atoms with Crippen molar-refractivity contribution in [3.05, 3.63) is 23.8 Å². The van der Waals surface area contributed by atoms with Gasteiger partial charge in [0.25, 0.3) is 0 Å². The molecule has 0 spiro atoms. The van der Waals surface area contributed by atoms with Crippen molar-refractivity contribution in [2.75, 3.05) is 6.26 Å². The number of rotatable bonds is 2. The van der Waals surface area contributed by atoms with Crippen LogP contribution in [0.15, 0.2) is 23.1 Å². The summed E-state index contributed by atoms with van der Waals surface area (Å²) in [4.78, 5) is 10.7. The first kappa shape index (κ1) is 10.8. The summed E-state index contributed by atoms with van der Waals surface area (Å²) in [6, 6.07) is 4.04. The fourth-order valence-corrected chi connectivity index (χ4v) is 2.13. The molecule has 74 valence electrons. The Morgan fingerprint density at radius 1 is 1.43 bits per heavy atom. The molecule has 0 aromatic heterocycles. The molecule has 0 atom stereocenters. The molecule has 4 nitrogen and oxygen atoms in total. The number of carboxylic acids is 1. The lowest BCUT2D eigenvalue weighted by Crippen LogP contribution is -2.16. The molecule has 0 unspecified atom stereocenters. The van der Waals surface area contributed by atoms with E-state index >= 15 is 0 Å². The zero-order valence-corrected chi connectivity index (χ0v) is 8.63. The van der Waals surface area contributed by atoms with Crippen LogP contribution in [0.2, 0.25) is 0 Å². The van der Waals surface area contributed by atoms with Gasteiger partial charge in [-0.15, -0.1) is 0 Å². The Morgan fingerprint density at radius 3 is 2.43 bits per heavy atom. The highest BCUT2D eigenvalue weighted by Crippen LogP contribution is 2.08. The number of aromatic carboxylic acids is 1. The summed E-state index contributed by atoms with van der Waals surface area (Å²) in [5.74, 6) is -1.13. The second kappa shape index (κ2) is 3.45. The van der Waals surface area contributed by atoms with E-state index in [0.29, 0.717) is 5.46 Å². The molecule has 0 aliphatic rings.